The first-order valence-electron chi connectivity index (χ1n) is 8.43. The van der Waals surface area contributed by atoms with Gasteiger partial charge in [0.2, 0.25) is 5.91 Å². The zero-order valence-electron chi connectivity index (χ0n) is 15.1. The first-order valence-corrected chi connectivity index (χ1v) is 10.1. The maximum Gasteiger partial charge on any atom is 0.341 e. The number of esters is 1. The lowest BCUT2D eigenvalue weighted by Crippen LogP contribution is -2.26. The zero-order valence-corrected chi connectivity index (χ0v) is 16.7. The number of nitrogens with zero attached hydrogens (tertiary/aromatic N) is 1. The van der Waals surface area contributed by atoms with Crippen molar-refractivity contribution in [2.45, 2.75) is 30.0 Å². The molecule has 0 aliphatic carbocycles. The fraction of sp³-hybridized carbons (Fsp3) is 0.368. The highest BCUT2D eigenvalue weighted by Crippen LogP contribution is 2.37. The standard InChI is InChI=1S/C19H22N2O3S2/c1-12(25-13-7-5-4-6-8-13)17(22)20-18-16(19(23)24-3)14-9-10-21(2)11-15(14)26-18/h4-8,12H,9-11H2,1-3H3,(H,20,22)/t12-/m1/s1. The van der Waals surface area contributed by atoms with E-state index in [-0.39, 0.29) is 17.1 Å². The van der Waals surface area contributed by atoms with E-state index in [1.807, 2.05) is 37.3 Å². The molecule has 1 aromatic heterocycles. The second-order valence-electron chi connectivity index (χ2n) is 6.25. The Balaban J connectivity index is 1.80. The average molecular weight is 391 g/mol. The number of anilines is 1. The monoisotopic (exact) mass is 390 g/mol. The molecule has 5 nitrogen and oxygen atoms in total. The van der Waals surface area contributed by atoms with Crippen LogP contribution in [0, 0.1) is 0 Å². The van der Waals surface area contributed by atoms with E-state index in [1.165, 1.54) is 30.2 Å². The van der Waals surface area contributed by atoms with Gasteiger partial charge in [0.15, 0.2) is 0 Å². The highest BCUT2D eigenvalue weighted by molar-refractivity contribution is 8.00. The van der Waals surface area contributed by atoms with Gasteiger partial charge in [0.1, 0.15) is 5.00 Å². The van der Waals surface area contributed by atoms with Crippen LogP contribution < -0.4 is 5.32 Å². The van der Waals surface area contributed by atoms with E-state index in [2.05, 4.69) is 17.3 Å². The Morgan fingerprint density at radius 3 is 2.73 bits per heavy atom. The van der Waals surface area contributed by atoms with E-state index in [9.17, 15) is 9.59 Å². The Kier molecular flexibility index (Phi) is 6.01. The van der Waals surface area contributed by atoms with Crippen LogP contribution in [0.25, 0.3) is 0 Å². The van der Waals surface area contributed by atoms with Gasteiger partial charge in [-0.05, 0) is 38.1 Å². The number of carbonyl (C=O) groups excluding carboxylic acids is 2. The van der Waals surface area contributed by atoms with E-state index in [4.69, 9.17) is 4.74 Å². The van der Waals surface area contributed by atoms with Crippen LogP contribution in [-0.2, 0) is 22.5 Å². The smallest absolute Gasteiger partial charge is 0.341 e. The number of amides is 1. The maximum absolute atomic E-state index is 12.7. The van der Waals surface area contributed by atoms with Crippen LogP contribution in [0.3, 0.4) is 0 Å². The Hall–Kier alpha value is -1.83. The molecule has 0 fully saturated rings. The largest absolute Gasteiger partial charge is 0.465 e. The quantitative estimate of drug-likeness (QED) is 0.624. The number of rotatable bonds is 5. The number of methoxy groups -OCH3 is 1. The molecule has 26 heavy (non-hydrogen) atoms. The molecule has 1 N–H and O–H groups in total. The van der Waals surface area contributed by atoms with Gasteiger partial charge in [0.05, 0.1) is 17.9 Å². The highest BCUT2D eigenvalue weighted by Gasteiger charge is 2.29. The molecule has 0 unspecified atom stereocenters. The Morgan fingerprint density at radius 2 is 2.04 bits per heavy atom. The first kappa shape index (κ1) is 18.9. The Morgan fingerprint density at radius 1 is 1.31 bits per heavy atom. The van der Waals surface area contributed by atoms with E-state index in [0.717, 1.165) is 34.8 Å². The zero-order chi connectivity index (χ0) is 18.7. The average Bonchev–Trinajstić information content (AvgIpc) is 2.98. The molecule has 0 saturated heterocycles. The first-order chi connectivity index (χ1) is 12.5. The summed E-state index contributed by atoms with van der Waals surface area (Å²) >= 11 is 2.97. The van der Waals surface area contributed by atoms with Crippen LogP contribution in [0.1, 0.15) is 27.7 Å². The van der Waals surface area contributed by atoms with Crippen LogP contribution >= 0.6 is 23.1 Å². The van der Waals surface area contributed by atoms with Gasteiger partial charge in [-0.15, -0.1) is 23.1 Å². The van der Waals surface area contributed by atoms with Gasteiger partial charge in [-0.3, -0.25) is 4.79 Å². The highest BCUT2D eigenvalue weighted by atomic mass is 32.2. The molecule has 1 aliphatic heterocycles. The van der Waals surface area contributed by atoms with E-state index >= 15 is 0 Å². The van der Waals surface area contributed by atoms with Crippen LogP contribution in [0.4, 0.5) is 5.00 Å². The second-order valence-corrected chi connectivity index (χ2v) is 8.77. The molecule has 1 aromatic carbocycles. The lowest BCUT2D eigenvalue weighted by atomic mass is 10.0. The predicted molar refractivity (Wildman–Crippen MR) is 106 cm³/mol. The van der Waals surface area contributed by atoms with Crippen molar-refractivity contribution in [3.63, 3.8) is 0 Å². The summed E-state index contributed by atoms with van der Waals surface area (Å²) in [6.07, 6.45) is 0.789. The van der Waals surface area contributed by atoms with Crippen LogP contribution in [-0.4, -0.2) is 42.7 Å². The molecule has 0 saturated carbocycles. The molecule has 7 heteroatoms. The number of fused-ring (bicyclic) bond motifs is 1. The number of hydrogen-bond acceptors (Lipinski definition) is 6. The van der Waals surface area contributed by atoms with Gasteiger partial charge in [-0.1, -0.05) is 18.2 Å². The number of benzene rings is 1. The summed E-state index contributed by atoms with van der Waals surface area (Å²) in [4.78, 5) is 29.3. The maximum atomic E-state index is 12.7. The van der Waals surface area contributed by atoms with Crippen molar-refractivity contribution in [3.05, 3.63) is 46.3 Å². The number of nitrogens with one attached hydrogen (secondary N) is 1. The van der Waals surface area contributed by atoms with Gasteiger partial charge in [-0.25, -0.2) is 4.79 Å². The molecule has 1 amide bonds. The third-order valence-electron chi connectivity index (χ3n) is 4.30. The molecule has 3 rings (SSSR count). The van der Waals surface area contributed by atoms with Crippen molar-refractivity contribution >= 4 is 40.0 Å². The third kappa shape index (κ3) is 4.11. The SMILES string of the molecule is COC(=O)c1c(NC(=O)[C@@H](C)Sc2ccccc2)sc2c1CCN(C)C2. The summed E-state index contributed by atoms with van der Waals surface area (Å²) in [5.41, 5.74) is 1.53. The molecule has 1 atom stereocenters. The van der Waals surface area contributed by atoms with E-state index < -0.39 is 0 Å². The molecule has 0 radical (unpaired) electrons. The number of carbonyl (C=O) groups is 2. The van der Waals surface area contributed by atoms with Gasteiger partial charge in [-0.2, -0.15) is 0 Å². The molecule has 0 spiro atoms. The predicted octanol–water partition coefficient (Wildman–Crippen LogP) is 3.64. The lowest BCUT2D eigenvalue weighted by Gasteiger charge is -2.22. The van der Waals surface area contributed by atoms with E-state index in [1.54, 1.807) is 0 Å². The molecule has 2 heterocycles. The Labute approximate surface area is 161 Å². The minimum atomic E-state index is -0.384. The summed E-state index contributed by atoms with van der Waals surface area (Å²) in [6, 6.07) is 9.81. The van der Waals surface area contributed by atoms with Crippen LogP contribution in [0.5, 0.6) is 0 Å². The molecule has 0 bridgehead atoms. The van der Waals surface area contributed by atoms with Crippen molar-refractivity contribution in [2.75, 3.05) is 26.0 Å². The number of ether oxygens (including phenoxy) is 1. The molecule has 1 aliphatic rings. The van der Waals surface area contributed by atoms with Crippen molar-refractivity contribution in [3.8, 4) is 0 Å². The topological polar surface area (TPSA) is 58.6 Å². The number of thioether (sulfide) groups is 1. The van der Waals surface area contributed by atoms with Crippen molar-refractivity contribution in [2.24, 2.45) is 0 Å². The summed E-state index contributed by atoms with van der Waals surface area (Å²) in [7, 11) is 3.43. The van der Waals surface area contributed by atoms with Crippen molar-refractivity contribution < 1.29 is 14.3 Å². The summed E-state index contributed by atoms with van der Waals surface area (Å²) < 4.78 is 4.96. The van der Waals surface area contributed by atoms with Gasteiger partial charge >= 0.3 is 5.97 Å². The fourth-order valence-corrected chi connectivity index (χ4v) is 5.11. The van der Waals surface area contributed by atoms with E-state index in [0.29, 0.717) is 10.6 Å². The Bertz CT molecular complexity index is 805. The lowest BCUT2D eigenvalue weighted by molar-refractivity contribution is -0.115. The second kappa shape index (κ2) is 8.24. The van der Waals surface area contributed by atoms with Gasteiger partial charge < -0.3 is 15.0 Å². The van der Waals surface area contributed by atoms with Crippen molar-refractivity contribution in [1.29, 1.82) is 0 Å². The number of hydrogen-bond donors (Lipinski definition) is 1. The number of thiophene rings is 1. The molecule has 2 aromatic rings. The third-order valence-corrected chi connectivity index (χ3v) is 6.54. The number of likely N-dealkylation sites (N-methyl/N-ethyl adjacent to an activating group) is 1. The summed E-state index contributed by atoms with van der Waals surface area (Å²) in [5, 5.41) is 3.28. The summed E-state index contributed by atoms with van der Waals surface area (Å²) in [5.74, 6) is -0.498. The van der Waals surface area contributed by atoms with Crippen molar-refractivity contribution in [1.82, 2.24) is 4.90 Å². The van der Waals surface area contributed by atoms with Gasteiger partial charge in [0, 0.05) is 22.9 Å². The molecular formula is C19H22N2O3S2. The minimum absolute atomic E-state index is 0.115. The molecule has 138 valence electrons. The van der Waals surface area contributed by atoms with Gasteiger partial charge in [0.25, 0.3) is 0 Å². The fourth-order valence-electron chi connectivity index (χ4n) is 2.91. The molecular weight excluding hydrogens is 368 g/mol. The summed E-state index contributed by atoms with van der Waals surface area (Å²) in [6.45, 7) is 3.54. The van der Waals surface area contributed by atoms with Crippen LogP contribution in [0.15, 0.2) is 35.2 Å². The normalized spacial score (nSPS) is 15.2. The van der Waals surface area contributed by atoms with Crippen LogP contribution in [0.2, 0.25) is 0 Å². The minimum Gasteiger partial charge on any atom is -0.465 e.